The van der Waals surface area contributed by atoms with Crippen molar-refractivity contribution < 1.29 is 24.2 Å². The van der Waals surface area contributed by atoms with Crippen LogP contribution in [0, 0.1) is 0 Å². The Morgan fingerprint density at radius 1 is 1.23 bits per heavy atom. The number of rotatable bonds is 11. The van der Waals surface area contributed by atoms with Gasteiger partial charge < -0.3 is 14.6 Å². The number of aliphatic hydroxyl groups excluding tert-OH is 1. The molecule has 0 radical (unpaired) electrons. The summed E-state index contributed by atoms with van der Waals surface area (Å²) >= 11 is 1.44. The zero-order valence-electron chi connectivity index (χ0n) is 18.2. The first-order valence-electron chi connectivity index (χ1n) is 10.9. The summed E-state index contributed by atoms with van der Waals surface area (Å²) in [5.74, 6) is -0.364. The lowest BCUT2D eigenvalue weighted by atomic mass is 10.0. The van der Waals surface area contributed by atoms with Gasteiger partial charge in [-0.25, -0.2) is 4.79 Å². The van der Waals surface area contributed by atoms with E-state index in [1.54, 1.807) is 11.0 Å². The highest BCUT2D eigenvalue weighted by Gasteiger charge is 2.32. The van der Waals surface area contributed by atoms with Gasteiger partial charge in [-0.2, -0.15) is 0 Å². The van der Waals surface area contributed by atoms with Crippen molar-refractivity contribution in [2.24, 2.45) is 0 Å². The average molecular weight is 446 g/mol. The molecule has 6 nitrogen and oxygen atoms in total. The molecule has 1 aliphatic heterocycles. The van der Waals surface area contributed by atoms with Crippen molar-refractivity contribution in [3.63, 3.8) is 0 Å². The highest BCUT2D eigenvalue weighted by molar-refractivity contribution is 7.13. The number of anilines is 1. The lowest BCUT2D eigenvalue weighted by Crippen LogP contribution is -2.33. The second-order valence-electron chi connectivity index (χ2n) is 7.78. The molecular formula is C24H31NO5S. The van der Waals surface area contributed by atoms with E-state index in [0.717, 1.165) is 54.7 Å². The van der Waals surface area contributed by atoms with Crippen LogP contribution in [0.3, 0.4) is 0 Å². The maximum absolute atomic E-state index is 12.4. The van der Waals surface area contributed by atoms with Crippen LogP contribution in [0.4, 0.5) is 5.69 Å². The zero-order chi connectivity index (χ0) is 22.2. The molecule has 168 valence electrons. The van der Waals surface area contributed by atoms with Gasteiger partial charge >= 0.3 is 5.97 Å². The largest absolute Gasteiger partial charge is 0.465 e. The topological polar surface area (TPSA) is 76.1 Å². The molecule has 0 bridgehead atoms. The number of benzene rings is 1. The molecule has 1 aromatic carbocycles. The Morgan fingerprint density at radius 3 is 2.71 bits per heavy atom. The molecule has 1 amide bonds. The molecule has 1 N–H and O–H groups in total. The van der Waals surface area contributed by atoms with Gasteiger partial charge in [-0.05, 0) is 55.5 Å². The van der Waals surface area contributed by atoms with Crippen LogP contribution in [0.1, 0.15) is 71.7 Å². The zero-order valence-corrected chi connectivity index (χ0v) is 19.0. The van der Waals surface area contributed by atoms with E-state index in [9.17, 15) is 14.7 Å². The van der Waals surface area contributed by atoms with Gasteiger partial charge in [0.25, 0.3) is 5.91 Å². The van der Waals surface area contributed by atoms with E-state index in [-0.39, 0.29) is 24.7 Å². The molecule has 1 unspecified atom stereocenters. The van der Waals surface area contributed by atoms with E-state index >= 15 is 0 Å². The summed E-state index contributed by atoms with van der Waals surface area (Å²) in [6, 6.07) is 11.3. The minimum absolute atomic E-state index is 0.0506. The molecule has 1 fully saturated rings. The summed E-state index contributed by atoms with van der Waals surface area (Å²) in [5, 5.41) is 10.4. The molecule has 7 heteroatoms. The van der Waals surface area contributed by atoms with E-state index in [1.165, 1.54) is 18.4 Å². The minimum Gasteiger partial charge on any atom is -0.465 e. The first kappa shape index (κ1) is 23.4. The fourth-order valence-electron chi connectivity index (χ4n) is 3.78. The average Bonchev–Trinajstić information content (AvgIpc) is 3.40. The minimum atomic E-state index is -0.470. The maximum atomic E-state index is 12.4. The summed E-state index contributed by atoms with van der Waals surface area (Å²) in [7, 11) is 1.38. The smallest absolute Gasteiger partial charge is 0.348 e. The van der Waals surface area contributed by atoms with Gasteiger partial charge in [-0.15, -0.1) is 11.3 Å². The van der Waals surface area contributed by atoms with E-state index in [4.69, 9.17) is 9.47 Å². The second-order valence-corrected chi connectivity index (χ2v) is 8.95. The van der Waals surface area contributed by atoms with Crippen LogP contribution >= 0.6 is 11.3 Å². The van der Waals surface area contributed by atoms with Crippen LogP contribution in [0.25, 0.3) is 0 Å². The number of methoxy groups -OCH3 is 1. The number of carbonyl (C=O) groups is 2. The number of unbranched alkanes of at least 4 members (excludes halogenated alkanes) is 2. The summed E-state index contributed by atoms with van der Waals surface area (Å²) in [6.07, 6.45) is 5.59. The quantitative estimate of drug-likeness (QED) is 0.395. The lowest BCUT2D eigenvalue weighted by molar-refractivity contribution is -0.117. The van der Waals surface area contributed by atoms with Crippen LogP contribution in [-0.2, 0) is 20.7 Å². The number of amides is 1. The third-order valence-electron chi connectivity index (χ3n) is 5.52. The van der Waals surface area contributed by atoms with E-state index in [0.29, 0.717) is 11.3 Å². The molecule has 2 aromatic rings. The molecule has 1 saturated heterocycles. The summed E-state index contributed by atoms with van der Waals surface area (Å²) < 4.78 is 10.5. The monoisotopic (exact) mass is 445 g/mol. The number of hydrogen-bond donors (Lipinski definition) is 1. The van der Waals surface area contributed by atoms with Crippen molar-refractivity contribution in [1.29, 1.82) is 0 Å². The maximum Gasteiger partial charge on any atom is 0.348 e. The number of aryl methyl sites for hydroxylation is 1. The number of nitrogens with zero attached hydrogens (tertiary/aromatic N) is 1. The van der Waals surface area contributed by atoms with Crippen LogP contribution in [-0.4, -0.2) is 36.9 Å². The summed E-state index contributed by atoms with van der Waals surface area (Å²) in [6.45, 7) is 2.23. The van der Waals surface area contributed by atoms with E-state index in [1.807, 2.05) is 30.3 Å². The number of aliphatic hydroxyl groups is 1. The Morgan fingerprint density at radius 2 is 2.00 bits per heavy atom. The first-order valence-corrected chi connectivity index (χ1v) is 11.7. The van der Waals surface area contributed by atoms with Crippen molar-refractivity contribution in [2.45, 2.75) is 64.2 Å². The van der Waals surface area contributed by atoms with Crippen molar-refractivity contribution in [3.8, 4) is 0 Å². The van der Waals surface area contributed by atoms with Gasteiger partial charge in [-0.1, -0.05) is 38.3 Å². The van der Waals surface area contributed by atoms with Gasteiger partial charge in [0.15, 0.2) is 0 Å². The Bertz CT molecular complexity index is 863. The standard InChI is InChI=1S/C24H31NO5S/c1-3-4-5-8-20(26)17-10-12-18(13-11-17)25-22(27)16-30-23(25)9-6-7-19-14-15-21(31-19)24(28)29-2/h10-15,20,23,26H,3-9,16H2,1-2H3/t20-,23?/m0/s1. The summed E-state index contributed by atoms with van der Waals surface area (Å²) in [5.41, 5.74) is 1.67. The normalized spacial score (nSPS) is 17.2. The third-order valence-corrected chi connectivity index (χ3v) is 6.64. The Kier molecular flexibility index (Phi) is 8.63. The molecule has 0 aliphatic carbocycles. The molecule has 2 heterocycles. The van der Waals surface area contributed by atoms with Crippen LogP contribution < -0.4 is 4.90 Å². The van der Waals surface area contributed by atoms with Gasteiger partial charge in [-0.3, -0.25) is 9.69 Å². The molecule has 1 aromatic heterocycles. The van der Waals surface area contributed by atoms with Gasteiger partial charge in [0.05, 0.1) is 13.2 Å². The third kappa shape index (κ3) is 6.15. The van der Waals surface area contributed by atoms with Crippen molar-refractivity contribution in [3.05, 3.63) is 51.7 Å². The van der Waals surface area contributed by atoms with E-state index < -0.39 is 6.10 Å². The number of thiophene rings is 1. The predicted molar refractivity (Wildman–Crippen MR) is 121 cm³/mol. The van der Waals surface area contributed by atoms with Gasteiger partial charge in [0.2, 0.25) is 0 Å². The number of ether oxygens (including phenoxy) is 2. The molecular weight excluding hydrogens is 414 g/mol. The number of carbonyl (C=O) groups excluding carboxylic acids is 2. The highest BCUT2D eigenvalue weighted by atomic mass is 32.1. The highest BCUT2D eigenvalue weighted by Crippen LogP contribution is 2.29. The van der Waals surface area contributed by atoms with Gasteiger partial charge in [0.1, 0.15) is 17.7 Å². The van der Waals surface area contributed by atoms with Crippen molar-refractivity contribution >= 4 is 28.9 Å². The molecule has 0 saturated carbocycles. The predicted octanol–water partition coefficient (Wildman–Crippen LogP) is 4.86. The SMILES string of the molecule is CCCCC[C@H](O)c1ccc(N2C(=O)COC2CCCc2ccc(C(=O)OC)s2)cc1. The number of esters is 1. The molecule has 31 heavy (non-hydrogen) atoms. The number of hydrogen-bond acceptors (Lipinski definition) is 6. The fourth-order valence-corrected chi connectivity index (χ4v) is 4.75. The Labute approximate surface area is 187 Å². The van der Waals surface area contributed by atoms with E-state index in [2.05, 4.69) is 6.92 Å². The molecule has 1 aliphatic rings. The van der Waals surface area contributed by atoms with Crippen molar-refractivity contribution in [1.82, 2.24) is 0 Å². The second kappa shape index (κ2) is 11.4. The Hall–Kier alpha value is -2.22. The van der Waals surface area contributed by atoms with Crippen LogP contribution in [0.5, 0.6) is 0 Å². The van der Waals surface area contributed by atoms with Crippen LogP contribution in [0.2, 0.25) is 0 Å². The fraction of sp³-hybridized carbons (Fsp3) is 0.500. The first-order chi connectivity index (χ1) is 15.0. The van der Waals surface area contributed by atoms with Gasteiger partial charge in [0, 0.05) is 10.6 Å². The summed E-state index contributed by atoms with van der Waals surface area (Å²) in [4.78, 5) is 27.4. The molecule has 3 rings (SSSR count). The Balaban J connectivity index is 1.55. The molecule has 2 atom stereocenters. The lowest BCUT2D eigenvalue weighted by Gasteiger charge is -2.23. The molecule has 0 spiro atoms. The van der Waals surface area contributed by atoms with Crippen molar-refractivity contribution in [2.75, 3.05) is 18.6 Å². The van der Waals surface area contributed by atoms with Crippen LogP contribution in [0.15, 0.2) is 36.4 Å².